The van der Waals surface area contributed by atoms with Crippen LogP contribution in [0.4, 0.5) is 24.7 Å². The van der Waals surface area contributed by atoms with Crippen LogP contribution in [-0.2, 0) is 4.74 Å². The molecule has 0 radical (unpaired) electrons. The van der Waals surface area contributed by atoms with Gasteiger partial charge in [0.1, 0.15) is 18.0 Å². The molecule has 3 aromatic rings. The summed E-state index contributed by atoms with van der Waals surface area (Å²) in [6.45, 7) is 5.27. The van der Waals surface area contributed by atoms with E-state index in [1.54, 1.807) is 10.6 Å². The smallest absolute Gasteiger partial charge is 0.486 e. The molecule has 0 unspecified atom stereocenters. The highest BCUT2D eigenvalue weighted by molar-refractivity contribution is 5.83. The number of hydrogen-bond donors (Lipinski definition) is 1. The van der Waals surface area contributed by atoms with Gasteiger partial charge in [0.2, 0.25) is 5.65 Å². The second kappa shape index (κ2) is 8.58. The number of ether oxygens (including phenoxy) is 3. The number of likely N-dealkylation sites (N-methyl/N-ethyl adjacent to an activating group) is 1. The summed E-state index contributed by atoms with van der Waals surface area (Å²) in [6.07, 6.45) is -3.13. The van der Waals surface area contributed by atoms with Crippen LogP contribution in [0, 0.1) is 0 Å². The first-order valence-electron chi connectivity index (χ1n) is 10.8. The highest BCUT2D eigenvalue weighted by Crippen LogP contribution is 2.41. The highest BCUT2D eigenvalue weighted by atomic mass is 19.4. The van der Waals surface area contributed by atoms with Crippen LogP contribution in [0.15, 0.2) is 24.3 Å². The highest BCUT2D eigenvalue weighted by Gasteiger charge is 2.32. The van der Waals surface area contributed by atoms with Gasteiger partial charge in [-0.25, -0.2) is 0 Å². The predicted molar refractivity (Wildman–Crippen MR) is 114 cm³/mol. The normalized spacial score (nSPS) is 17.0. The number of anilines is 2. The molecule has 2 aromatic heterocycles. The molecule has 5 rings (SSSR count). The molecule has 2 aliphatic heterocycles. The van der Waals surface area contributed by atoms with E-state index < -0.39 is 6.36 Å². The maximum atomic E-state index is 12.7. The van der Waals surface area contributed by atoms with Crippen molar-refractivity contribution in [2.24, 2.45) is 0 Å². The predicted octanol–water partition coefficient (Wildman–Crippen LogP) is 3.50. The molecule has 33 heavy (non-hydrogen) atoms. The minimum atomic E-state index is -4.79. The van der Waals surface area contributed by atoms with Gasteiger partial charge in [-0.3, -0.25) is 0 Å². The number of nitrogens with one attached hydrogen (secondary N) is 1. The summed E-state index contributed by atoms with van der Waals surface area (Å²) in [7, 11) is 0. The lowest BCUT2D eigenvalue weighted by atomic mass is 10.1. The SMILES string of the molecule is CCN1CCOc2c(NC3CCOCC3)nn3c(-c4cccc(OC(F)(F)F)c4)nnc3c21. The van der Waals surface area contributed by atoms with Gasteiger partial charge in [-0.05, 0) is 31.9 Å². The maximum absolute atomic E-state index is 12.7. The summed E-state index contributed by atoms with van der Waals surface area (Å²) < 4.78 is 55.2. The average Bonchev–Trinajstić information content (AvgIpc) is 3.22. The Morgan fingerprint density at radius 2 is 2.00 bits per heavy atom. The molecule has 4 heterocycles. The summed E-state index contributed by atoms with van der Waals surface area (Å²) in [5, 5.41) is 16.7. The number of alkyl halides is 3. The number of halogens is 3. The molecule has 1 N–H and O–H groups in total. The number of fused-ring (bicyclic) bond motifs is 3. The number of benzene rings is 1. The van der Waals surface area contributed by atoms with E-state index in [2.05, 4.69) is 25.2 Å². The van der Waals surface area contributed by atoms with Gasteiger partial charge in [0.15, 0.2) is 17.4 Å². The second-order valence-corrected chi connectivity index (χ2v) is 7.82. The lowest BCUT2D eigenvalue weighted by Crippen LogP contribution is -2.35. The van der Waals surface area contributed by atoms with Crippen molar-refractivity contribution in [1.29, 1.82) is 0 Å². The third kappa shape index (κ3) is 4.34. The molecule has 0 bridgehead atoms. The largest absolute Gasteiger partial charge is 0.573 e. The monoisotopic (exact) mass is 464 g/mol. The molecule has 0 amide bonds. The van der Waals surface area contributed by atoms with Crippen LogP contribution >= 0.6 is 0 Å². The fourth-order valence-electron chi connectivity index (χ4n) is 4.13. The molecule has 0 saturated carbocycles. The third-order valence-electron chi connectivity index (χ3n) is 5.68. The van der Waals surface area contributed by atoms with Crippen molar-refractivity contribution in [3.63, 3.8) is 0 Å². The first-order valence-corrected chi connectivity index (χ1v) is 10.8. The zero-order valence-electron chi connectivity index (χ0n) is 17.9. The van der Waals surface area contributed by atoms with E-state index in [4.69, 9.17) is 14.6 Å². The summed E-state index contributed by atoms with van der Waals surface area (Å²) in [5.74, 6) is 1.12. The molecule has 1 aromatic carbocycles. The van der Waals surface area contributed by atoms with Crippen molar-refractivity contribution < 1.29 is 27.4 Å². The van der Waals surface area contributed by atoms with Crippen molar-refractivity contribution >= 4 is 17.2 Å². The molecule has 0 spiro atoms. The van der Waals surface area contributed by atoms with Gasteiger partial charge in [0.05, 0.1) is 6.54 Å². The molecule has 176 valence electrons. The Morgan fingerprint density at radius 1 is 1.18 bits per heavy atom. The fraction of sp³-hybridized carbons (Fsp3) is 0.476. The van der Waals surface area contributed by atoms with Crippen molar-refractivity contribution in [1.82, 2.24) is 19.8 Å². The van der Waals surface area contributed by atoms with Gasteiger partial charge in [0.25, 0.3) is 0 Å². The zero-order valence-corrected chi connectivity index (χ0v) is 17.9. The summed E-state index contributed by atoms with van der Waals surface area (Å²) >= 11 is 0. The van der Waals surface area contributed by atoms with E-state index in [0.29, 0.717) is 55.0 Å². The van der Waals surface area contributed by atoms with Crippen LogP contribution in [0.25, 0.3) is 17.0 Å². The molecule has 1 fully saturated rings. The topological polar surface area (TPSA) is 86.0 Å². The quantitative estimate of drug-likeness (QED) is 0.614. The van der Waals surface area contributed by atoms with Crippen LogP contribution in [-0.4, -0.2) is 65.1 Å². The summed E-state index contributed by atoms with van der Waals surface area (Å²) in [6, 6.07) is 5.78. The second-order valence-electron chi connectivity index (χ2n) is 7.82. The van der Waals surface area contributed by atoms with Gasteiger partial charge in [-0.15, -0.1) is 28.5 Å². The molecule has 2 aliphatic rings. The van der Waals surface area contributed by atoms with Crippen molar-refractivity contribution in [2.45, 2.75) is 32.2 Å². The Morgan fingerprint density at radius 3 is 2.76 bits per heavy atom. The average molecular weight is 464 g/mol. The standard InChI is InChI=1S/C21H23F3N6O3/c1-2-29-8-11-32-17-16(29)20-27-26-19(13-4-3-5-15(12-13)33-21(22,23)24)30(20)28-18(17)25-14-6-9-31-10-7-14/h3-5,12,14H,2,6-11H2,1H3,(H,25,28). The summed E-state index contributed by atoms with van der Waals surface area (Å²) in [5.41, 5.74) is 1.63. The Balaban J connectivity index is 1.62. The molecular weight excluding hydrogens is 441 g/mol. The number of rotatable bonds is 5. The van der Waals surface area contributed by atoms with Crippen LogP contribution in [0.1, 0.15) is 19.8 Å². The fourth-order valence-corrected chi connectivity index (χ4v) is 4.13. The van der Waals surface area contributed by atoms with Crippen LogP contribution < -0.4 is 19.7 Å². The lowest BCUT2D eigenvalue weighted by Gasteiger charge is -2.32. The van der Waals surface area contributed by atoms with Gasteiger partial charge < -0.3 is 24.4 Å². The van der Waals surface area contributed by atoms with Gasteiger partial charge in [-0.2, -0.15) is 4.52 Å². The molecular formula is C21H23F3N6O3. The van der Waals surface area contributed by atoms with E-state index in [1.165, 1.54) is 18.2 Å². The lowest BCUT2D eigenvalue weighted by molar-refractivity contribution is -0.274. The van der Waals surface area contributed by atoms with Crippen LogP contribution in [0.5, 0.6) is 11.5 Å². The molecule has 0 atom stereocenters. The first kappa shape index (κ1) is 21.6. The molecule has 9 nitrogen and oxygen atoms in total. The minimum absolute atomic E-state index is 0.164. The van der Waals surface area contributed by atoms with Crippen LogP contribution in [0.2, 0.25) is 0 Å². The molecule has 1 saturated heterocycles. The Hall–Kier alpha value is -3.28. The first-order chi connectivity index (χ1) is 15.9. The molecule has 0 aliphatic carbocycles. The van der Waals surface area contributed by atoms with E-state index >= 15 is 0 Å². The van der Waals surface area contributed by atoms with Crippen molar-refractivity contribution in [3.8, 4) is 22.9 Å². The van der Waals surface area contributed by atoms with Gasteiger partial charge in [0, 0.05) is 31.4 Å². The Labute approximate surface area is 187 Å². The van der Waals surface area contributed by atoms with E-state index in [1.807, 2.05) is 6.92 Å². The third-order valence-corrected chi connectivity index (χ3v) is 5.68. The number of aromatic nitrogens is 4. The Bertz CT molecular complexity index is 1150. The Kier molecular flexibility index (Phi) is 5.60. The van der Waals surface area contributed by atoms with Gasteiger partial charge in [-0.1, -0.05) is 12.1 Å². The van der Waals surface area contributed by atoms with Crippen molar-refractivity contribution in [2.75, 3.05) is 43.1 Å². The van der Waals surface area contributed by atoms with Crippen LogP contribution in [0.3, 0.4) is 0 Å². The maximum Gasteiger partial charge on any atom is 0.573 e. The van der Waals surface area contributed by atoms with E-state index in [9.17, 15) is 13.2 Å². The van der Waals surface area contributed by atoms with E-state index in [-0.39, 0.29) is 11.8 Å². The zero-order chi connectivity index (χ0) is 23.0. The summed E-state index contributed by atoms with van der Waals surface area (Å²) in [4.78, 5) is 2.13. The van der Waals surface area contributed by atoms with E-state index in [0.717, 1.165) is 25.1 Å². The number of nitrogens with zero attached hydrogens (tertiary/aromatic N) is 5. The van der Waals surface area contributed by atoms with Gasteiger partial charge >= 0.3 is 6.36 Å². The molecule has 12 heteroatoms. The number of hydrogen-bond acceptors (Lipinski definition) is 8. The van der Waals surface area contributed by atoms with Crippen molar-refractivity contribution in [3.05, 3.63) is 24.3 Å². The minimum Gasteiger partial charge on any atom is -0.486 e.